The molecule has 0 aliphatic heterocycles. The van der Waals surface area contributed by atoms with Crippen molar-refractivity contribution in [1.82, 2.24) is 25.1 Å². The van der Waals surface area contributed by atoms with Crippen molar-refractivity contribution in [1.29, 1.82) is 0 Å². The Morgan fingerprint density at radius 3 is 2.68 bits per heavy atom. The first-order valence-corrected chi connectivity index (χ1v) is 9.99. The molecule has 1 amide bonds. The number of nitrogens with zero attached hydrogens (tertiary/aromatic N) is 5. The first-order chi connectivity index (χ1) is 13.2. The van der Waals surface area contributed by atoms with Crippen molar-refractivity contribution in [2.45, 2.75) is 51.0 Å². The minimum Gasteiger partial charge on any atom is -0.330 e. The molecule has 6 nitrogen and oxygen atoms in total. The van der Waals surface area contributed by atoms with Gasteiger partial charge in [-0.2, -0.15) is 17.9 Å². The highest BCUT2D eigenvalue weighted by atomic mass is 32.2. The maximum atomic E-state index is 12.9. The second-order valence-corrected chi connectivity index (χ2v) is 8.11. The maximum absolute atomic E-state index is 12.9. The van der Waals surface area contributed by atoms with E-state index in [-0.39, 0.29) is 11.7 Å². The first-order valence-electron chi connectivity index (χ1n) is 9.01. The Morgan fingerprint density at radius 1 is 1.36 bits per heavy atom. The predicted octanol–water partition coefficient (Wildman–Crippen LogP) is 3.56. The zero-order valence-electron chi connectivity index (χ0n) is 15.9. The van der Waals surface area contributed by atoms with Crippen LogP contribution in [0.25, 0.3) is 5.69 Å². The molecule has 1 atom stereocenters. The minimum atomic E-state index is -4.43. The van der Waals surface area contributed by atoms with E-state index < -0.39 is 24.7 Å². The standard InChI is InChI=1S/C18H22F3N5OS/c1-11-4-7-15(12(2)8-11)26-17(22-23-24-26)28-9-16(27)25(10-18(19,20)21)13(3)14-5-6-14/h4,7-8,13-14H,5-6,9-10H2,1-3H3/t13-/m0/s1. The molecule has 1 aliphatic carbocycles. The number of hydrogen-bond donors (Lipinski definition) is 0. The average Bonchev–Trinajstić information content (AvgIpc) is 3.35. The third-order valence-corrected chi connectivity index (χ3v) is 5.72. The summed E-state index contributed by atoms with van der Waals surface area (Å²) in [5.41, 5.74) is 2.82. The van der Waals surface area contributed by atoms with Gasteiger partial charge in [0.05, 0.1) is 11.4 Å². The van der Waals surface area contributed by atoms with Crippen LogP contribution in [0.1, 0.15) is 30.9 Å². The summed E-state index contributed by atoms with van der Waals surface area (Å²) in [5, 5.41) is 11.9. The topological polar surface area (TPSA) is 63.9 Å². The molecule has 0 N–H and O–H groups in total. The highest BCUT2D eigenvalue weighted by molar-refractivity contribution is 7.99. The monoisotopic (exact) mass is 413 g/mol. The SMILES string of the molecule is Cc1ccc(-n2nnnc2SCC(=O)N(CC(F)(F)F)[C@@H](C)C2CC2)c(C)c1. The molecule has 10 heteroatoms. The van der Waals surface area contributed by atoms with E-state index in [1.807, 2.05) is 32.0 Å². The summed E-state index contributed by atoms with van der Waals surface area (Å²) in [6, 6.07) is 5.35. The highest BCUT2D eigenvalue weighted by Gasteiger charge is 2.40. The lowest BCUT2D eigenvalue weighted by Gasteiger charge is -2.30. The number of aryl methyl sites for hydroxylation is 2. The first kappa shape index (κ1) is 20.6. The molecule has 1 heterocycles. The molecule has 3 rings (SSSR count). The van der Waals surface area contributed by atoms with Gasteiger partial charge in [0.25, 0.3) is 0 Å². The Balaban J connectivity index is 1.72. The predicted molar refractivity (Wildman–Crippen MR) is 99.3 cm³/mol. The molecular formula is C18H22F3N5OS. The van der Waals surface area contributed by atoms with Crippen molar-refractivity contribution in [2.24, 2.45) is 5.92 Å². The Labute approximate surface area is 165 Å². The van der Waals surface area contributed by atoms with Crippen LogP contribution in [0.4, 0.5) is 13.2 Å². The van der Waals surface area contributed by atoms with E-state index in [2.05, 4.69) is 15.5 Å². The molecule has 1 saturated carbocycles. The van der Waals surface area contributed by atoms with Gasteiger partial charge in [-0.1, -0.05) is 29.5 Å². The number of aromatic nitrogens is 4. The van der Waals surface area contributed by atoms with Gasteiger partial charge in [-0.15, -0.1) is 5.10 Å². The van der Waals surface area contributed by atoms with E-state index in [0.29, 0.717) is 5.16 Å². The molecule has 1 aliphatic rings. The maximum Gasteiger partial charge on any atom is 0.406 e. The van der Waals surface area contributed by atoms with Crippen LogP contribution >= 0.6 is 11.8 Å². The Kier molecular flexibility index (Phi) is 5.97. The van der Waals surface area contributed by atoms with E-state index in [4.69, 9.17) is 0 Å². The number of carbonyl (C=O) groups is 1. The summed E-state index contributed by atoms with van der Waals surface area (Å²) in [7, 11) is 0. The zero-order valence-corrected chi connectivity index (χ0v) is 16.7. The Bertz CT molecular complexity index is 850. The van der Waals surface area contributed by atoms with Gasteiger partial charge in [0, 0.05) is 6.04 Å². The van der Waals surface area contributed by atoms with Crippen LogP contribution in [-0.4, -0.2) is 55.5 Å². The van der Waals surface area contributed by atoms with Gasteiger partial charge >= 0.3 is 6.18 Å². The number of amides is 1. The van der Waals surface area contributed by atoms with Gasteiger partial charge in [-0.3, -0.25) is 4.79 Å². The van der Waals surface area contributed by atoms with Crippen molar-refractivity contribution in [3.63, 3.8) is 0 Å². The van der Waals surface area contributed by atoms with Crippen molar-refractivity contribution >= 4 is 17.7 Å². The van der Waals surface area contributed by atoms with E-state index in [9.17, 15) is 18.0 Å². The second kappa shape index (κ2) is 8.10. The number of tetrazole rings is 1. The third-order valence-electron chi connectivity index (χ3n) is 4.81. The lowest BCUT2D eigenvalue weighted by molar-refractivity contribution is -0.164. The summed E-state index contributed by atoms with van der Waals surface area (Å²) in [6.45, 7) is 4.35. The van der Waals surface area contributed by atoms with E-state index in [0.717, 1.165) is 46.3 Å². The molecule has 1 aromatic carbocycles. The van der Waals surface area contributed by atoms with Crippen LogP contribution in [0.15, 0.2) is 23.4 Å². The van der Waals surface area contributed by atoms with Crippen molar-refractivity contribution < 1.29 is 18.0 Å². The van der Waals surface area contributed by atoms with Crippen LogP contribution < -0.4 is 0 Å². The summed E-state index contributed by atoms with van der Waals surface area (Å²) in [6.07, 6.45) is -2.70. The van der Waals surface area contributed by atoms with Gasteiger partial charge in [0.2, 0.25) is 11.1 Å². The highest BCUT2D eigenvalue weighted by Crippen LogP contribution is 2.36. The van der Waals surface area contributed by atoms with Gasteiger partial charge in [-0.25, -0.2) is 0 Å². The van der Waals surface area contributed by atoms with E-state index in [1.165, 1.54) is 4.68 Å². The van der Waals surface area contributed by atoms with Gasteiger partial charge in [0.15, 0.2) is 0 Å². The third kappa shape index (κ3) is 5.03. The Morgan fingerprint density at radius 2 is 2.07 bits per heavy atom. The fraction of sp³-hybridized carbons (Fsp3) is 0.556. The second-order valence-electron chi connectivity index (χ2n) is 7.17. The minimum absolute atomic E-state index is 0.150. The normalized spacial score (nSPS) is 15.5. The fourth-order valence-electron chi connectivity index (χ4n) is 3.16. The summed E-state index contributed by atoms with van der Waals surface area (Å²) in [4.78, 5) is 13.5. The van der Waals surface area contributed by atoms with E-state index in [1.54, 1.807) is 6.92 Å². The molecule has 1 aromatic heterocycles. The molecule has 0 spiro atoms. The number of rotatable bonds is 7. The molecule has 1 fully saturated rings. The van der Waals surface area contributed by atoms with Crippen LogP contribution in [0.3, 0.4) is 0 Å². The molecule has 0 saturated heterocycles. The number of benzene rings is 1. The molecule has 2 aromatic rings. The number of halogens is 3. The summed E-state index contributed by atoms with van der Waals surface area (Å²) < 4.78 is 40.4. The number of hydrogen-bond acceptors (Lipinski definition) is 5. The molecule has 0 radical (unpaired) electrons. The number of alkyl halides is 3. The smallest absolute Gasteiger partial charge is 0.330 e. The number of thioether (sulfide) groups is 1. The molecule has 0 unspecified atom stereocenters. The van der Waals surface area contributed by atoms with Gasteiger partial charge < -0.3 is 4.90 Å². The largest absolute Gasteiger partial charge is 0.406 e. The molecule has 28 heavy (non-hydrogen) atoms. The average molecular weight is 413 g/mol. The van der Waals surface area contributed by atoms with Gasteiger partial charge in [0.1, 0.15) is 6.54 Å². The van der Waals surface area contributed by atoms with Crippen molar-refractivity contribution in [3.05, 3.63) is 29.3 Å². The van der Waals surface area contributed by atoms with Crippen LogP contribution in [-0.2, 0) is 4.79 Å². The van der Waals surface area contributed by atoms with Crippen LogP contribution in [0.2, 0.25) is 0 Å². The van der Waals surface area contributed by atoms with Crippen LogP contribution in [0.5, 0.6) is 0 Å². The molecule has 152 valence electrons. The molecule has 0 bridgehead atoms. The zero-order chi connectivity index (χ0) is 20.5. The quantitative estimate of drug-likeness (QED) is 0.650. The lowest BCUT2D eigenvalue weighted by Crippen LogP contribution is -2.46. The fourth-order valence-corrected chi connectivity index (χ4v) is 3.93. The summed E-state index contributed by atoms with van der Waals surface area (Å²) >= 11 is 1.04. The Hall–Kier alpha value is -2.10. The van der Waals surface area contributed by atoms with E-state index >= 15 is 0 Å². The number of carbonyl (C=O) groups excluding carboxylic acids is 1. The van der Waals surface area contributed by atoms with Crippen molar-refractivity contribution in [3.8, 4) is 5.69 Å². The van der Waals surface area contributed by atoms with Gasteiger partial charge in [-0.05, 0) is 61.6 Å². The lowest BCUT2D eigenvalue weighted by atomic mass is 10.1. The summed E-state index contributed by atoms with van der Waals surface area (Å²) in [5.74, 6) is -0.563. The van der Waals surface area contributed by atoms with Crippen molar-refractivity contribution in [2.75, 3.05) is 12.3 Å². The van der Waals surface area contributed by atoms with Crippen LogP contribution in [0, 0.1) is 19.8 Å². The molecular weight excluding hydrogens is 391 g/mol.